The first-order valence-corrected chi connectivity index (χ1v) is 9.69. The Bertz CT molecular complexity index is 1230. The number of benzene rings is 3. The lowest BCUT2D eigenvalue weighted by Crippen LogP contribution is -2.08. The molecule has 0 saturated carbocycles. The monoisotopic (exact) mass is 432 g/mol. The molecule has 0 bridgehead atoms. The summed E-state index contributed by atoms with van der Waals surface area (Å²) in [6, 6.07) is 16.5. The zero-order valence-electron chi connectivity index (χ0n) is 17.7. The molecular weight excluding hydrogens is 412 g/mol. The fourth-order valence-corrected chi connectivity index (χ4v) is 3.23. The summed E-state index contributed by atoms with van der Waals surface area (Å²) < 4.78 is 26.9. The fourth-order valence-electron chi connectivity index (χ4n) is 3.23. The van der Waals surface area contributed by atoms with E-state index in [9.17, 15) is 9.59 Å². The molecule has 1 aliphatic heterocycles. The van der Waals surface area contributed by atoms with Crippen LogP contribution < -0.4 is 23.7 Å². The molecule has 7 nitrogen and oxygen atoms in total. The molecule has 0 fully saturated rings. The van der Waals surface area contributed by atoms with Gasteiger partial charge in [0.25, 0.3) is 0 Å². The van der Waals surface area contributed by atoms with Crippen molar-refractivity contribution in [2.45, 2.75) is 0 Å². The van der Waals surface area contributed by atoms with Gasteiger partial charge in [0.2, 0.25) is 5.78 Å². The minimum atomic E-state index is -0.549. The Balaban J connectivity index is 1.56. The van der Waals surface area contributed by atoms with Gasteiger partial charge in [-0.2, -0.15) is 0 Å². The van der Waals surface area contributed by atoms with Crippen molar-refractivity contribution < 1.29 is 33.3 Å². The Morgan fingerprint density at radius 3 is 2.34 bits per heavy atom. The first-order valence-electron chi connectivity index (χ1n) is 9.69. The largest absolute Gasteiger partial charge is 0.497 e. The van der Waals surface area contributed by atoms with Crippen molar-refractivity contribution >= 4 is 17.8 Å². The highest BCUT2D eigenvalue weighted by atomic mass is 16.5. The Kier molecular flexibility index (Phi) is 5.81. The number of rotatable bonds is 6. The number of carbonyl (C=O) groups excluding carboxylic acids is 2. The van der Waals surface area contributed by atoms with Gasteiger partial charge in [0.05, 0.1) is 32.5 Å². The number of Topliss-reactive ketones (excluding diaryl/α,β-unsaturated/α-hetero) is 1. The second-order valence-corrected chi connectivity index (χ2v) is 6.83. The number of hydrogen-bond acceptors (Lipinski definition) is 7. The van der Waals surface area contributed by atoms with Gasteiger partial charge in [0, 0.05) is 17.7 Å². The van der Waals surface area contributed by atoms with Gasteiger partial charge in [-0.25, -0.2) is 4.79 Å². The lowest BCUT2D eigenvalue weighted by molar-refractivity contribution is 0.0734. The number of esters is 1. The van der Waals surface area contributed by atoms with Gasteiger partial charge in [-0.1, -0.05) is 6.07 Å². The SMILES string of the molecule is COc1cccc(C(=O)Oc2ccc3c(c2)OC(=Cc2ccc(OC)cc2OC)C3=O)c1. The molecule has 32 heavy (non-hydrogen) atoms. The summed E-state index contributed by atoms with van der Waals surface area (Å²) in [6.45, 7) is 0. The summed E-state index contributed by atoms with van der Waals surface area (Å²) in [5.41, 5.74) is 1.38. The molecule has 0 amide bonds. The molecule has 4 rings (SSSR count). The van der Waals surface area contributed by atoms with Gasteiger partial charge in [-0.15, -0.1) is 0 Å². The number of ether oxygens (including phenoxy) is 5. The van der Waals surface area contributed by atoms with Crippen molar-refractivity contribution in [1.82, 2.24) is 0 Å². The van der Waals surface area contributed by atoms with E-state index >= 15 is 0 Å². The highest BCUT2D eigenvalue weighted by Crippen LogP contribution is 2.36. The highest BCUT2D eigenvalue weighted by Gasteiger charge is 2.28. The third kappa shape index (κ3) is 4.13. The topological polar surface area (TPSA) is 80.3 Å². The zero-order chi connectivity index (χ0) is 22.7. The second-order valence-electron chi connectivity index (χ2n) is 6.83. The van der Waals surface area contributed by atoms with Crippen LogP contribution in [-0.4, -0.2) is 33.1 Å². The van der Waals surface area contributed by atoms with Crippen LogP contribution in [0.3, 0.4) is 0 Å². The molecule has 0 N–H and O–H groups in total. The lowest BCUT2D eigenvalue weighted by atomic mass is 10.1. The molecule has 0 aliphatic carbocycles. The van der Waals surface area contributed by atoms with Crippen LogP contribution in [0.4, 0.5) is 0 Å². The van der Waals surface area contributed by atoms with Crippen molar-refractivity contribution in [3.05, 3.63) is 83.1 Å². The molecule has 1 aliphatic rings. The third-order valence-corrected chi connectivity index (χ3v) is 4.88. The van der Waals surface area contributed by atoms with Crippen LogP contribution in [0.25, 0.3) is 6.08 Å². The van der Waals surface area contributed by atoms with Crippen molar-refractivity contribution in [3.63, 3.8) is 0 Å². The summed E-state index contributed by atoms with van der Waals surface area (Å²) in [4.78, 5) is 25.2. The van der Waals surface area contributed by atoms with Gasteiger partial charge in [-0.3, -0.25) is 4.79 Å². The predicted molar refractivity (Wildman–Crippen MR) is 117 cm³/mol. The summed E-state index contributed by atoms with van der Waals surface area (Å²) >= 11 is 0. The van der Waals surface area contributed by atoms with Crippen LogP contribution in [0.1, 0.15) is 26.3 Å². The average molecular weight is 432 g/mol. The minimum Gasteiger partial charge on any atom is -0.497 e. The van der Waals surface area contributed by atoms with Crippen LogP contribution in [0.15, 0.2) is 66.4 Å². The van der Waals surface area contributed by atoms with Crippen molar-refractivity contribution in [2.75, 3.05) is 21.3 Å². The molecule has 0 unspecified atom stereocenters. The number of ketones is 1. The number of fused-ring (bicyclic) bond motifs is 1. The van der Waals surface area contributed by atoms with E-state index in [0.717, 1.165) is 0 Å². The number of carbonyl (C=O) groups is 2. The maximum atomic E-state index is 12.8. The smallest absolute Gasteiger partial charge is 0.343 e. The lowest BCUT2D eigenvalue weighted by Gasteiger charge is -2.08. The van der Waals surface area contributed by atoms with Crippen molar-refractivity contribution in [2.24, 2.45) is 0 Å². The van der Waals surface area contributed by atoms with Gasteiger partial charge < -0.3 is 23.7 Å². The van der Waals surface area contributed by atoms with Gasteiger partial charge in [0.1, 0.15) is 28.7 Å². The van der Waals surface area contributed by atoms with Crippen molar-refractivity contribution in [1.29, 1.82) is 0 Å². The van der Waals surface area contributed by atoms with Crippen LogP contribution in [0, 0.1) is 0 Å². The molecule has 162 valence electrons. The molecule has 0 saturated heterocycles. The Morgan fingerprint density at radius 2 is 1.59 bits per heavy atom. The molecule has 0 atom stereocenters. The first kappa shape index (κ1) is 21.0. The van der Waals surface area contributed by atoms with Crippen molar-refractivity contribution in [3.8, 4) is 28.7 Å². The molecule has 0 radical (unpaired) electrons. The van der Waals surface area contributed by atoms with Crippen LogP contribution in [0.2, 0.25) is 0 Å². The van der Waals surface area contributed by atoms with Crippen LogP contribution in [-0.2, 0) is 0 Å². The average Bonchev–Trinajstić information content (AvgIpc) is 3.13. The van der Waals surface area contributed by atoms with Crippen LogP contribution >= 0.6 is 0 Å². The van der Waals surface area contributed by atoms with Gasteiger partial charge in [-0.05, 0) is 48.5 Å². The standard InChI is InChI=1S/C25H20O7/c1-28-17-6-4-5-16(11-17)25(27)31-19-9-10-20-22(14-19)32-23(24(20)26)12-15-7-8-18(29-2)13-21(15)30-3/h4-14H,1-3H3. The maximum Gasteiger partial charge on any atom is 0.343 e. The normalized spacial score (nSPS) is 13.3. The molecule has 1 heterocycles. The van der Waals surface area contributed by atoms with E-state index in [1.165, 1.54) is 20.3 Å². The Morgan fingerprint density at radius 1 is 0.844 bits per heavy atom. The zero-order valence-corrected chi connectivity index (χ0v) is 17.7. The van der Waals surface area contributed by atoms with Gasteiger partial charge in [0.15, 0.2) is 5.76 Å². The highest BCUT2D eigenvalue weighted by molar-refractivity contribution is 6.14. The molecule has 3 aromatic rings. The molecule has 0 aromatic heterocycles. The quantitative estimate of drug-likeness (QED) is 0.321. The maximum absolute atomic E-state index is 12.8. The second kappa shape index (κ2) is 8.85. The molecule has 3 aromatic carbocycles. The first-order chi connectivity index (χ1) is 15.5. The predicted octanol–water partition coefficient (Wildman–Crippen LogP) is 4.55. The van der Waals surface area contributed by atoms with E-state index in [4.69, 9.17) is 23.7 Å². The van der Waals surface area contributed by atoms with E-state index < -0.39 is 5.97 Å². The van der Waals surface area contributed by atoms with E-state index in [2.05, 4.69) is 0 Å². The summed E-state index contributed by atoms with van der Waals surface area (Å²) in [6.07, 6.45) is 1.60. The van der Waals surface area contributed by atoms with E-state index in [1.54, 1.807) is 67.8 Å². The Labute approximate surface area is 184 Å². The van der Waals surface area contributed by atoms with Gasteiger partial charge >= 0.3 is 5.97 Å². The summed E-state index contributed by atoms with van der Waals surface area (Å²) in [5, 5.41) is 0. The third-order valence-electron chi connectivity index (χ3n) is 4.88. The van der Waals surface area contributed by atoms with E-state index in [-0.39, 0.29) is 17.3 Å². The number of hydrogen-bond donors (Lipinski definition) is 0. The fraction of sp³-hybridized carbons (Fsp3) is 0.120. The van der Waals surface area contributed by atoms with Crippen LogP contribution in [0.5, 0.6) is 28.7 Å². The van der Waals surface area contributed by atoms with E-state index in [1.807, 2.05) is 0 Å². The molecule has 0 spiro atoms. The molecule has 7 heteroatoms. The number of allylic oxidation sites excluding steroid dienone is 1. The minimum absolute atomic E-state index is 0.139. The summed E-state index contributed by atoms with van der Waals surface area (Å²) in [7, 11) is 4.61. The van der Waals surface area contributed by atoms with E-state index in [0.29, 0.717) is 39.7 Å². The molecular formula is C25H20O7. The number of methoxy groups -OCH3 is 3. The summed E-state index contributed by atoms with van der Waals surface area (Å²) in [5.74, 6) is 1.60. The Hall–Kier alpha value is -4.26.